The molecule has 0 amide bonds. The predicted molar refractivity (Wildman–Crippen MR) is 78.2 cm³/mol. The Bertz CT molecular complexity index is 387. The van der Waals surface area contributed by atoms with Gasteiger partial charge in [0.1, 0.15) is 0 Å². The molecule has 1 aliphatic carbocycles. The fourth-order valence-corrected chi connectivity index (χ4v) is 2.43. The van der Waals surface area contributed by atoms with Crippen molar-refractivity contribution in [2.24, 2.45) is 11.7 Å². The second kappa shape index (κ2) is 6.35. The fraction of sp³-hybridized carbons (Fsp3) is 0.667. The van der Waals surface area contributed by atoms with Gasteiger partial charge in [0.15, 0.2) is 0 Å². The largest absolute Gasteiger partial charge is 0.383 e. The summed E-state index contributed by atoms with van der Waals surface area (Å²) < 4.78 is 5.22. The van der Waals surface area contributed by atoms with E-state index in [1.807, 2.05) is 19.2 Å². The molecular formula is C15H25N3O. The first-order chi connectivity index (χ1) is 9.13. The topological polar surface area (TPSA) is 51.4 Å². The van der Waals surface area contributed by atoms with E-state index in [9.17, 15) is 0 Å². The molecule has 0 aromatic carbocycles. The lowest BCUT2D eigenvalue weighted by Gasteiger charge is -2.31. The van der Waals surface area contributed by atoms with E-state index in [-0.39, 0.29) is 6.04 Å². The minimum absolute atomic E-state index is 0.0117. The third-order valence-corrected chi connectivity index (χ3v) is 3.90. The molecule has 4 heteroatoms. The van der Waals surface area contributed by atoms with Crippen molar-refractivity contribution in [2.75, 3.05) is 25.2 Å². The number of hydrogen-bond acceptors (Lipinski definition) is 4. The standard InChI is InChI=1S/C15H25N3O/c1-11(16)15-7-6-14(10-17-15)18(8-9-19-3)12(2)13-4-5-13/h6-7,10-13H,4-5,8-9,16H2,1-3H3. The second-order valence-electron chi connectivity index (χ2n) is 5.49. The van der Waals surface area contributed by atoms with Crippen LogP contribution in [0.5, 0.6) is 0 Å². The van der Waals surface area contributed by atoms with Crippen LogP contribution in [-0.2, 0) is 4.74 Å². The van der Waals surface area contributed by atoms with Gasteiger partial charge in [-0.3, -0.25) is 4.98 Å². The zero-order chi connectivity index (χ0) is 13.8. The van der Waals surface area contributed by atoms with Gasteiger partial charge in [-0.2, -0.15) is 0 Å². The van der Waals surface area contributed by atoms with Gasteiger partial charge in [0.25, 0.3) is 0 Å². The van der Waals surface area contributed by atoms with E-state index in [0.29, 0.717) is 6.04 Å². The fourth-order valence-electron chi connectivity index (χ4n) is 2.43. The smallest absolute Gasteiger partial charge is 0.0637 e. The van der Waals surface area contributed by atoms with Gasteiger partial charge in [-0.25, -0.2) is 0 Å². The van der Waals surface area contributed by atoms with E-state index < -0.39 is 0 Å². The van der Waals surface area contributed by atoms with Gasteiger partial charge >= 0.3 is 0 Å². The second-order valence-corrected chi connectivity index (χ2v) is 5.49. The molecule has 1 aromatic rings. The average molecular weight is 263 g/mol. The number of anilines is 1. The summed E-state index contributed by atoms with van der Waals surface area (Å²) in [6, 6.07) is 4.69. The Hall–Kier alpha value is -1.13. The number of nitrogens with zero attached hydrogens (tertiary/aromatic N) is 2. The van der Waals surface area contributed by atoms with E-state index in [0.717, 1.165) is 24.8 Å². The summed E-state index contributed by atoms with van der Waals surface area (Å²) in [5.41, 5.74) is 7.95. The van der Waals surface area contributed by atoms with Gasteiger partial charge in [-0.15, -0.1) is 0 Å². The minimum Gasteiger partial charge on any atom is -0.383 e. The maximum absolute atomic E-state index is 5.84. The molecule has 0 aliphatic heterocycles. The third kappa shape index (κ3) is 3.67. The van der Waals surface area contributed by atoms with Crippen molar-refractivity contribution in [1.29, 1.82) is 0 Å². The summed E-state index contributed by atoms with van der Waals surface area (Å²) in [5, 5.41) is 0. The van der Waals surface area contributed by atoms with Crippen LogP contribution in [0.1, 0.15) is 38.4 Å². The zero-order valence-electron chi connectivity index (χ0n) is 12.2. The maximum Gasteiger partial charge on any atom is 0.0637 e. The Morgan fingerprint density at radius 3 is 2.63 bits per heavy atom. The van der Waals surface area contributed by atoms with Crippen molar-refractivity contribution in [3.05, 3.63) is 24.0 Å². The molecule has 2 rings (SSSR count). The number of methoxy groups -OCH3 is 1. The molecular weight excluding hydrogens is 238 g/mol. The summed E-state index contributed by atoms with van der Waals surface area (Å²) in [7, 11) is 1.75. The highest BCUT2D eigenvalue weighted by molar-refractivity contribution is 5.46. The summed E-state index contributed by atoms with van der Waals surface area (Å²) in [4.78, 5) is 6.86. The number of ether oxygens (including phenoxy) is 1. The van der Waals surface area contributed by atoms with Crippen molar-refractivity contribution in [3.63, 3.8) is 0 Å². The van der Waals surface area contributed by atoms with E-state index in [4.69, 9.17) is 10.5 Å². The lowest BCUT2D eigenvalue weighted by molar-refractivity contribution is 0.202. The Morgan fingerprint density at radius 1 is 1.42 bits per heavy atom. The van der Waals surface area contributed by atoms with Crippen molar-refractivity contribution >= 4 is 5.69 Å². The number of hydrogen-bond donors (Lipinski definition) is 1. The highest BCUT2D eigenvalue weighted by atomic mass is 16.5. The monoisotopic (exact) mass is 263 g/mol. The first kappa shape index (κ1) is 14.3. The van der Waals surface area contributed by atoms with Crippen LogP contribution in [0.3, 0.4) is 0 Å². The highest BCUT2D eigenvalue weighted by Crippen LogP contribution is 2.36. The SMILES string of the molecule is COCCN(c1ccc(C(C)N)nc1)C(C)C1CC1. The van der Waals surface area contributed by atoms with Gasteiger partial charge in [-0.05, 0) is 44.7 Å². The molecule has 106 valence electrons. The molecule has 1 aliphatic rings. The van der Waals surface area contributed by atoms with Crippen LogP contribution in [0, 0.1) is 5.92 Å². The minimum atomic E-state index is -0.0117. The number of aromatic nitrogens is 1. The predicted octanol–water partition coefficient (Wildman–Crippen LogP) is 2.35. The quantitative estimate of drug-likeness (QED) is 0.820. The summed E-state index contributed by atoms with van der Waals surface area (Å²) >= 11 is 0. The number of nitrogens with two attached hydrogens (primary N) is 1. The Labute approximate surface area is 116 Å². The Kier molecular flexibility index (Phi) is 4.77. The number of pyridine rings is 1. The molecule has 0 spiro atoms. The molecule has 0 saturated heterocycles. The van der Waals surface area contributed by atoms with Crippen molar-refractivity contribution in [1.82, 2.24) is 4.98 Å². The lowest BCUT2D eigenvalue weighted by Crippen LogP contribution is -2.37. The van der Waals surface area contributed by atoms with Crippen molar-refractivity contribution in [3.8, 4) is 0 Å². The molecule has 0 bridgehead atoms. The molecule has 2 atom stereocenters. The summed E-state index contributed by atoms with van der Waals surface area (Å²) in [5.74, 6) is 0.824. The van der Waals surface area contributed by atoms with Gasteiger partial charge in [-0.1, -0.05) is 0 Å². The van der Waals surface area contributed by atoms with Gasteiger partial charge in [0.2, 0.25) is 0 Å². The lowest BCUT2D eigenvalue weighted by atomic mass is 10.1. The molecule has 2 unspecified atom stereocenters. The highest BCUT2D eigenvalue weighted by Gasteiger charge is 2.32. The molecule has 0 radical (unpaired) electrons. The van der Waals surface area contributed by atoms with Crippen LogP contribution in [0.4, 0.5) is 5.69 Å². The van der Waals surface area contributed by atoms with Crippen molar-refractivity contribution in [2.45, 2.75) is 38.8 Å². The van der Waals surface area contributed by atoms with Crippen LogP contribution in [-0.4, -0.2) is 31.3 Å². The van der Waals surface area contributed by atoms with Gasteiger partial charge < -0.3 is 15.4 Å². The van der Waals surface area contributed by atoms with Gasteiger partial charge in [0, 0.05) is 25.7 Å². The van der Waals surface area contributed by atoms with Crippen LogP contribution >= 0.6 is 0 Å². The molecule has 19 heavy (non-hydrogen) atoms. The normalized spacial score (nSPS) is 18.1. The molecule has 1 fully saturated rings. The Balaban J connectivity index is 2.11. The molecule has 2 N–H and O–H groups in total. The summed E-state index contributed by atoms with van der Waals surface area (Å²) in [6.45, 7) is 5.91. The first-order valence-electron chi connectivity index (χ1n) is 7.10. The van der Waals surface area contributed by atoms with E-state index in [1.165, 1.54) is 18.5 Å². The molecule has 1 saturated carbocycles. The number of rotatable bonds is 7. The first-order valence-corrected chi connectivity index (χ1v) is 7.10. The average Bonchev–Trinajstić information content (AvgIpc) is 3.23. The Morgan fingerprint density at radius 2 is 2.16 bits per heavy atom. The molecule has 4 nitrogen and oxygen atoms in total. The molecule has 1 aromatic heterocycles. The van der Waals surface area contributed by atoms with E-state index >= 15 is 0 Å². The van der Waals surface area contributed by atoms with Crippen LogP contribution in [0.2, 0.25) is 0 Å². The van der Waals surface area contributed by atoms with E-state index in [2.05, 4.69) is 22.9 Å². The third-order valence-electron chi connectivity index (χ3n) is 3.90. The van der Waals surface area contributed by atoms with Crippen molar-refractivity contribution < 1.29 is 4.74 Å². The zero-order valence-corrected chi connectivity index (χ0v) is 12.2. The van der Waals surface area contributed by atoms with E-state index in [1.54, 1.807) is 7.11 Å². The van der Waals surface area contributed by atoms with Gasteiger partial charge in [0.05, 0.1) is 24.2 Å². The van der Waals surface area contributed by atoms with Crippen LogP contribution < -0.4 is 10.6 Å². The summed E-state index contributed by atoms with van der Waals surface area (Å²) in [6.07, 6.45) is 4.62. The van der Waals surface area contributed by atoms with Crippen LogP contribution in [0.25, 0.3) is 0 Å². The van der Waals surface area contributed by atoms with Crippen LogP contribution in [0.15, 0.2) is 18.3 Å². The molecule has 1 heterocycles. The maximum atomic E-state index is 5.84.